The van der Waals surface area contributed by atoms with Crippen LogP contribution in [0.15, 0.2) is 36.4 Å². The summed E-state index contributed by atoms with van der Waals surface area (Å²) >= 11 is 0. The van der Waals surface area contributed by atoms with Crippen molar-refractivity contribution in [2.45, 2.75) is 19.4 Å². The highest BCUT2D eigenvalue weighted by Gasteiger charge is 2.26. The van der Waals surface area contributed by atoms with Crippen LogP contribution in [0.25, 0.3) is 11.1 Å². The van der Waals surface area contributed by atoms with Gasteiger partial charge in [0.05, 0.1) is 7.11 Å². The van der Waals surface area contributed by atoms with E-state index in [1.807, 2.05) is 7.05 Å². The number of rotatable bonds is 4. The minimum Gasteiger partial charge on any atom is -0.497 e. The highest BCUT2D eigenvalue weighted by molar-refractivity contribution is 5.77. The van der Waals surface area contributed by atoms with Gasteiger partial charge >= 0.3 is 0 Å². The van der Waals surface area contributed by atoms with Gasteiger partial charge in [0, 0.05) is 24.1 Å². The van der Waals surface area contributed by atoms with Gasteiger partial charge in [0.15, 0.2) is 0 Å². The van der Waals surface area contributed by atoms with Crippen molar-refractivity contribution in [1.29, 1.82) is 0 Å². The van der Waals surface area contributed by atoms with Crippen LogP contribution in [0.3, 0.4) is 0 Å². The average Bonchev–Trinajstić information content (AvgIpc) is 2.89. The molecule has 0 fully saturated rings. The number of likely N-dealkylation sites (N-methyl/N-ethyl adjacent to an activating group) is 1. The van der Waals surface area contributed by atoms with E-state index in [4.69, 9.17) is 9.47 Å². The lowest BCUT2D eigenvalue weighted by Gasteiger charge is -2.14. The van der Waals surface area contributed by atoms with Gasteiger partial charge in [-0.05, 0) is 37.2 Å². The van der Waals surface area contributed by atoms with Gasteiger partial charge in [0.1, 0.15) is 17.6 Å². The van der Waals surface area contributed by atoms with Gasteiger partial charge in [-0.2, -0.15) is 0 Å². The third kappa shape index (κ3) is 2.61. The summed E-state index contributed by atoms with van der Waals surface area (Å²) in [5.74, 6) is 1.89. The predicted octanol–water partition coefficient (Wildman–Crippen LogP) is 3.19. The Labute approximate surface area is 125 Å². The molecule has 110 valence electrons. The molecule has 0 spiro atoms. The number of hydrogen-bond acceptors (Lipinski definition) is 3. The molecule has 1 heterocycles. The van der Waals surface area contributed by atoms with Crippen LogP contribution in [0.2, 0.25) is 0 Å². The van der Waals surface area contributed by atoms with E-state index in [-0.39, 0.29) is 6.10 Å². The molecular weight excluding hydrogens is 262 g/mol. The maximum absolute atomic E-state index is 6.17. The van der Waals surface area contributed by atoms with Crippen molar-refractivity contribution in [2.24, 2.45) is 0 Å². The first-order valence-electron chi connectivity index (χ1n) is 7.31. The van der Waals surface area contributed by atoms with Gasteiger partial charge in [-0.25, -0.2) is 0 Å². The fourth-order valence-electron chi connectivity index (χ4n) is 2.94. The zero-order valence-corrected chi connectivity index (χ0v) is 12.8. The van der Waals surface area contributed by atoms with E-state index >= 15 is 0 Å². The molecule has 2 aromatic rings. The normalized spacial score (nSPS) is 16.4. The quantitative estimate of drug-likeness (QED) is 0.934. The maximum atomic E-state index is 6.17. The third-order valence-corrected chi connectivity index (χ3v) is 3.97. The lowest BCUT2D eigenvalue weighted by atomic mass is 9.97. The van der Waals surface area contributed by atoms with Crippen LogP contribution in [0.5, 0.6) is 11.5 Å². The summed E-state index contributed by atoms with van der Waals surface area (Å²) in [6.45, 7) is 2.98. The molecule has 1 atom stereocenters. The van der Waals surface area contributed by atoms with E-state index in [0.29, 0.717) is 0 Å². The van der Waals surface area contributed by atoms with Gasteiger partial charge in [0.25, 0.3) is 0 Å². The van der Waals surface area contributed by atoms with Crippen LogP contribution in [0.1, 0.15) is 11.1 Å². The van der Waals surface area contributed by atoms with Crippen molar-refractivity contribution >= 4 is 0 Å². The molecule has 3 rings (SSSR count). The lowest BCUT2D eigenvalue weighted by Crippen LogP contribution is -2.27. The second-order valence-corrected chi connectivity index (χ2v) is 5.48. The highest BCUT2D eigenvalue weighted by Crippen LogP contribution is 2.42. The zero-order chi connectivity index (χ0) is 14.8. The number of fused-ring (bicyclic) bond motifs is 1. The van der Waals surface area contributed by atoms with E-state index in [9.17, 15) is 0 Å². The zero-order valence-electron chi connectivity index (χ0n) is 12.8. The Hall–Kier alpha value is -2.00. The number of methoxy groups -OCH3 is 1. The lowest BCUT2D eigenvalue weighted by molar-refractivity contribution is 0.232. The number of benzene rings is 2. The van der Waals surface area contributed by atoms with Crippen LogP contribution in [0, 0.1) is 6.92 Å². The monoisotopic (exact) mass is 283 g/mol. The van der Waals surface area contributed by atoms with Crippen molar-refractivity contribution in [3.63, 3.8) is 0 Å². The van der Waals surface area contributed by atoms with Gasteiger partial charge in [-0.3, -0.25) is 0 Å². The molecule has 0 saturated heterocycles. The summed E-state index contributed by atoms with van der Waals surface area (Å²) in [6.07, 6.45) is 1.12. The minimum absolute atomic E-state index is 0.194. The topological polar surface area (TPSA) is 30.5 Å². The standard InChI is InChI=1S/C18H21NO2/c1-12-6-4-5-7-16(12)17-10-14(20-3)8-13-9-15(11-19-2)21-18(13)17/h4-8,10,15,19H,9,11H2,1-3H3. The Morgan fingerprint density at radius 2 is 2.05 bits per heavy atom. The summed E-state index contributed by atoms with van der Waals surface area (Å²) in [7, 11) is 3.67. The Morgan fingerprint density at radius 3 is 2.76 bits per heavy atom. The van der Waals surface area contributed by atoms with E-state index < -0.39 is 0 Å². The van der Waals surface area contributed by atoms with Crippen molar-refractivity contribution in [3.05, 3.63) is 47.5 Å². The molecule has 0 radical (unpaired) electrons. The van der Waals surface area contributed by atoms with E-state index in [1.165, 1.54) is 16.7 Å². The average molecular weight is 283 g/mol. The fourth-order valence-corrected chi connectivity index (χ4v) is 2.94. The molecular formula is C18H21NO2. The molecule has 0 bridgehead atoms. The van der Waals surface area contributed by atoms with Crippen LogP contribution in [-0.4, -0.2) is 26.8 Å². The molecule has 0 aliphatic carbocycles. The maximum Gasteiger partial charge on any atom is 0.131 e. The molecule has 1 aliphatic rings. The molecule has 2 aromatic carbocycles. The number of nitrogens with one attached hydrogen (secondary N) is 1. The predicted molar refractivity (Wildman–Crippen MR) is 85.2 cm³/mol. The van der Waals surface area contributed by atoms with Gasteiger partial charge in [0.2, 0.25) is 0 Å². The molecule has 3 heteroatoms. The SMILES string of the molecule is CNCC1Cc2cc(OC)cc(-c3ccccc3C)c2O1. The fraction of sp³-hybridized carbons (Fsp3) is 0.333. The van der Waals surface area contributed by atoms with Crippen LogP contribution >= 0.6 is 0 Å². The van der Waals surface area contributed by atoms with E-state index in [0.717, 1.165) is 30.0 Å². The smallest absolute Gasteiger partial charge is 0.131 e. The summed E-state index contributed by atoms with van der Waals surface area (Å²) < 4.78 is 11.6. The first-order valence-corrected chi connectivity index (χ1v) is 7.31. The Morgan fingerprint density at radius 1 is 1.24 bits per heavy atom. The van der Waals surface area contributed by atoms with E-state index in [1.54, 1.807) is 7.11 Å². The molecule has 0 amide bonds. The van der Waals surface area contributed by atoms with Crippen molar-refractivity contribution in [2.75, 3.05) is 20.7 Å². The molecule has 21 heavy (non-hydrogen) atoms. The summed E-state index contributed by atoms with van der Waals surface area (Å²) in [6, 6.07) is 12.5. The van der Waals surface area contributed by atoms with Crippen LogP contribution < -0.4 is 14.8 Å². The minimum atomic E-state index is 0.194. The van der Waals surface area contributed by atoms with Gasteiger partial charge in [-0.15, -0.1) is 0 Å². The second-order valence-electron chi connectivity index (χ2n) is 5.48. The van der Waals surface area contributed by atoms with Gasteiger partial charge < -0.3 is 14.8 Å². The molecule has 1 aliphatic heterocycles. The molecule has 0 aromatic heterocycles. The van der Waals surface area contributed by atoms with Crippen molar-refractivity contribution in [1.82, 2.24) is 5.32 Å². The van der Waals surface area contributed by atoms with Crippen LogP contribution in [0.4, 0.5) is 0 Å². The van der Waals surface area contributed by atoms with Crippen molar-refractivity contribution in [3.8, 4) is 22.6 Å². The summed E-state index contributed by atoms with van der Waals surface area (Å²) in [5.41, 5.74) is 4.81. The number of hydrogen-bond donors (Lipinski definition) is 1. The Bertz CT molecular complexity index is 652. The van der Waals surface area contributed by atoms with E-state index in [2.05, 4.69) is 48.6 Å². The highest BCUT2D eigenvalue weighted by atomic mass is 16.5. The third-order valence-electron chi connectivity index (χ3n) is 3.97. The Kier molecular flexibility index (Phi) is 3.84. The largest absolute Gasteiger partial charge is 0.497 e. The first kappa shape index (κ1) is 14.0. The summed E-state index contributed by atoms with van der Waals surface area (Å²) in [5, 5.41) is 3.19. The van der Waals surface area contributed by atoms with Gasteiger partial charge in [-0.1, -0.05) is 24.3 Å². The Balaban J connectivity index is 2.10. The second kappa shape index (κ2) is 5.78. The summed E-state index contributed by atoms with van der Waals surface area (Å²) in [4.78, 5) is 0. The molecule has 1 N–H and O–H groups in total. The molecule has 3 nitrogen and oxygen atoms in total. The molecule has 1 unspecified atom stereocenters. The number of ether oxygens (including phenoxy) is 2. The molecule has 0 saturated carbocycles. The van der Waals surface area contributed by atoms with Crippen LogP contribution in [-0.2, 0) is 6.42 Å². The number of aryl methyl sites for hydroxylation is 1. The van der Waals surface area contributed by atoms with Crippen molar-refractivity contribution < 1.29 is 9.47 Å². The first-order chi connectivity index (χ1) is 10.2.